The van der Waals surface area contributed by atoms with Gasteiger partial charge in [-0.15, -0.1) is 0 Å². The minimum absolute atomic E-state index is 0.207. The van der Waals surface area contributed by atoms with Gasteiger partial charge in [-0.25, -0.2) is 0 Å². The van der Waals surface area contributed by atoms with Crippen LogP contribution in [0, 0.1) is 0 Å². The summed E-state index contributed by atoms with van der Waals surface area (Å²) in [4.78, 5) is 2.88. The van der Waals surface area contributed by atoms with Crippen molar-refractivity contribution in [2.75, 3.05) is 5.75 Å². The van der Waals surface area contributed by atoms with Crippen molar-refractivity contribution in [2.24, 2.45) is 0 Å². The van der Waals surface area contributed by atoms with Gasteiger partial charge in [0.25, 0.3) is 0 Å². The van der Waals surface area contributed by atoms with E-state index in [1.807, 2.05) is 0 Å². The summed E-state index contributed by atoms with van der Waals surface area (Å²) in [5.41, 5.74) is 1.64. The highest BCUT2D eigenvalue weighted by Crippen LogP contribution is 2.27. The van der Waals surface area contributed by atoms with E-state index in [4.69, 9.17) is 0 Å². The number of benzene rings is 2. The molecular weight excluding hydrogens is 248 g/mol. The lowest BCUT2D eigenvalue weighted by atomic mass is 9.87. The molecule has 19 heavy (non-hydrogen) atoms. The van der Waals surface area contributed by atoms with Crippen LogP contribution in [0.15, 0.2) is 64.4 Å². The van der Waals surface area contributed by atoms with Crippen LogP contribution >= 0.6 is 0 Å². The second kappa shape index (κ2) is 5.83. The van der Waals surface area contributed by atoms with Crippen LogP contribution in [0.25, 0.3) is 0 Å². The third-order valence-corrected chi connectivity index (χ3v) is 5.58. The van der Waals surface area contributed by atoms with Crippen molar-refractivity contribution in [2.45, 2.75) is 42.9 Å². The molecule has 0 N–H and O–H groups in total. The van der Waals surface area contributed by atoms with Crippen LogP contribution in [0.3, 0.4) is 0 Å². The molecule has 100 valence electrons. The fourth-order valence-electron chi connectivity index (χ4n) is 2.17. The SMILES string of the molecule is CC[S+](c1ccccc1)c1ccc(C(C)(C)C)cc1. The van der Waals surface area contributed by atoms with Crippen molar-refractivity contribution < 1.29 is 0 Å². The van der Waals surface area contributed by atoms with Gasteiger partial charge < -0.3 is 0 Å². The zero-order valence-corrected chi connectivity index (χ0v) is 13.1. The van der Waals surface area contributed by atoms with Gasteiger partial charge in [0.05, 0.1) is 10.9 Å². The Hall–Kier alpha value is -1.21. The van der Waals surface area contributed by atoms with Crippen LogP contribution in [-0.2, 0) is 16.3 Å². The Morgan fingerprint density at radius 2 is 1.32 bits per heavy atom. The van der Waals surface area contributed by atoms with Crippen LogP contribution in [-0.4, -0.2) is 5.75 Å². The lowest BCUT2D eigenvalue weighted by molar-refractivity contribution is 0.589. The van der Waals surface area contributed by atoms with Crippen molar-refractivity contribution in [1.29, 1.82) is 0 Å². The van der Waals surface area contributed by atoms with Gasteiger partial charge >= 0.3 is 0 Å². The van der Waals surface area contributed by atoms with E-state index in [-0.39, 0.29) is 16.3 Å². The zero-order valence-electron chi connectivity index (χ0n) is 12.3. The summed E-state index contributed by atoms with van der Waals surface area (Å²) in [6.45, 7) is 9.06. The van der Waals surface area contributed by atoms with Crippen LogP contribution in [0.1, 0.15) is 33.3 Å². The molecule has 0 aliphatic carbocycles. The van der Waals surface area contributed by atoms with Crippen molar-refractivity contribution >= 4 is 10.9 Å². The van der Waals surface area contributed by atoms with Gasteiger partial charge in [-0.2, -0.15) is 0 Å². The van der Waals surface area contributed by atoms with Gasteiger partial charge in [-0.3, -0.25) is 0 Å². The molecule has 0 bridgehead atoms. The Bertz CT molecular complexity index is 506. The van der Waals surface area contributed by atoms with Crippen LogP contribution in [0.4, 0.5) is 0 Å². The second-order valence-electron chi connectivity index (χ2n) is 5.77. The summed E-state index contributed by atoms with van der Waals surface area (Å²) >= 11 is 0. The van der Waals surface area contributed by atoms with E-state index < -0.39 is 0 Å². The molecule has 0 fully saturated rings. The predicted octanol–water partition coefficient (Wildman–Crippen LogP) is 5.04. The van der Waals surface area contributed by atoms with Crippen molar-refractivity contribution in [3.8, 4) is 0 Å². The summed E-state index contributed by atoms with van der Waals surface area (Å²) in [6.07, 6.45) is 0. The lowest BCUT2D eigenvalue weighted by Gasteiger charge is -2.18. The molecule has 0 radical (unpaired) electrons. The second-order valence-corrected chi connectivity index (χ2v) is 8.07. The first kappa shape index (κ1) is 14.2. The van der Waals surface area contributed by atoms with Gasteiger partial charge in [0.15, 0.2) is 9.79 Å². The summed E-state index contributed by atoms with van der Waals surface area (Å²) in [5.74, 6) is 1.17. The first-order valence-electron chi connectivity index (χ1n) is 6.89. The van der Waals surface area contributed by atoms with Crippen LogP contribution < -0.4 is 0 Å². The normalized spacial score (nSPS) is 13.3. The first-order valence-corrected chi connectivity index (χ1v) is 8.28. The van der Waals surface area contributed by atoms with E-state index in [0.717, 1.165) is 0 Å². The summed E-state index contributed by atoms with van der Waals surface area (Å²) in [7, 11) is 0.207. The molecule has 0 spiro atoms. The Morgan fingerprint density at radius 3 is 1.79 bits per heavy atom. The third kappa shape index (κ3) is 3.42. The average molecular weight is 271 g/mol. The monoisotopic (exact) mass is 271 g/mol. The minimum Gasteiger partial charge on any atom is -0.0619 e. The summed E-state index contributed by atoms with van der Waals surface area (Å²) < 4.78 is 0. The zero-order chi connectivity index (χ0) is 13.9. The molecule has 2 aromatic carbocycles. The van der Waals surface area contributed by atoms with E-state index in [1.165, 1.54) is 21.1 Å². The fourth-order valence-corrected chi connectivity index (χ4v) is 4.06. The van der Waals surface area contributed by atoms with E-state index in [1.54, 1.807) is 0 Å². The van der Waals surface area contributed by atoms with Gasteiger partial charge in [-0.05, 0) is 42.2 Å². The Balaban J connectivity index is 2.30. The lowest BCUT2D eigenvalue weighted by Crippen LogP contribution is -2.12. The molecule has 0 aliphatic heterocycles. The highest BCUT2D eigenvalue weighted by Gasteiger charge is 2.23. The Labute approximate surface area is 120 Å². The predicted molar refractivity (Wildman–Crippen MR) is 86.0 cm³/mol. The molecule has 2 aromatic rings. The Kier molecular flexibility index (Phi) is 4.36. The molecule has 0 amide bonds. The molecular formula is C18H23S+. The quantitative estimate of drug-likeness (QED) is 0.686. The molecule has 1 atom stereocenters. The molecule has 2 rings (SSSR count). The molecule has 0 nitrogen and oxygen atoms in total. The van der Waals surface area contributed by atoms with Gasteiger partial charge in [0.1, 0.15) is 5.75 Å². The molecule has 0 saturated carbocycles. The molecule has 1 unspecified atom stereocenters. The standard InChI is InChI=1S/C18H23S/c1-5-19(16-9-7-6-8-10-16)17-13-11-15(12-14-17)18(2,3)4/h6-14H,5H2,1-4H3/q+1. The van der Waals surface area contributed by atoms with E-state index in [2.05, 4.69) is 82.3 Å². The molecule has 0 aromatic heterocycles. The largest absolute Gasteiger partial charge is 0.160 e. The Morgan fingerprint density at radius 1 is 0.789 bits per heavy atom. The van der Waals surface area contributed by atoms with Crippen LogP contribution in [0.5, 0.6) is 0 Å². The summed E-state index contributed by atoms with van der Waals surface area (Å²) in [6, 6.07) is 20.0. The highest BCUT2D eigenvalue weighted by molar-refractivity contribution is 7.97. The molecule has 0 heterocycles. The number of hydrogen-bond donors (Lipinski definition) is 0. The maximum Gasteiger partial charge on any atom is 0.160 e. The van der Waals surface area contributed by atoms with E-state index >= 15 is 0 Å². The van der Waals surface area contributed by atoms with Crippen molar-refractivity contribution in [3.05, 3.63) is 60.2 Å². The van der Waals surface area contributed by atoms with Gasteiger partial charge in [-0.1, -0.05) is 51.1 Å². The minimum atomic E-state index is 0.207. The molecule has 0 saturated heterocycles. The fraction of sp³-hybridized carbons (Fsp3) is 0.333. The van der Waals surface area contributed by atoms with Crippen molar-refractivity contribution in [1.82, 2.24) is 0 Å². The molecule has 0 aliphatic rings. The number of rotatable bonds is 3. The smallest absolute Gasteiger partial charge is 0.0619 e. The topological polar surface area (TPSA) is 0 Å². The first-order chi connectivity index (χ1) is 9.02. The average Bonchev–Trinajstić information content (AvgIpc) is 2.40. The maximum absolute atomic E-state index is 2.31. The molecule has 1 heteroatoms. The summed E-state index contributed by atoms with van der Waals surface area (Å²) in [5, 5.41) is 0. The van der Waals surface area contributed by atoms with Gasteiger partial charge in [0, 0.05) is 0 Å². The van der Waals surface area contributed by atoms with E-state index in [9.17, 15) is 0 Å². The van der Waals surface area contributed by atoms with Gasteiger partial charge in [0.2, 0.25) is 0 Å². The maximum atomic E-state index is 2.31. The third-order valence-electron chi connectivity index (χ3n) is 3.32. The highest BCUT2D eigenvalue weighted by atomic mass is 32.2. The number of hydrogen-bond acceptors (Lipinski definition) is 0. The van der Waals surface area contributed by atoms with Crippen molar-refractivity contribution in [3.63, 3.8) is 0 Å². The van der Waals surface area contributed by atoms with E-state index in [0.29, 0.717) is 0 Å². The van der Waals surface area contributed by atoms with Crippen LogP contribution in [0.2, 0.25) is 0 Å².